The highest BCUT2D eigenvalue weighted by Crippen LogP contribution is 2.27. The Morgan fingerprint density at radius 3 is 2.88 bits per heavy atom. The van der Waals surface area contributed by atoms with Crippen LogP contribution in [0.1, 0.15) is 52.1 Å². The van der Waals surface area contributed by atoms with Gasteiger partial charge in [-0.2, -0.15) is 4.98 Å². The molecule has 3 aromatic rings. The highest BCUT2D eigenvalue weighted by Gasteiger charge is 2.29. The minimum absolute atomic E-state index is 0.0400. The average molecular weight is 338 g/mol. The fourth-order valence-electron chi connectivity index (χ4n) is 3.74. The van der Waals surface area contributed by atoms with Crippen LogP contribution in [0.3, 0.4) is 0 Å². The predicted molar refractivity (Wildman–Crippen MR) is 94.7 cm³/mol. The zero-order valence-corrected chi connectivity index (χ0v) is 14.8. The molecule has 2 aromatic heterocycles. The van der Waals surface area contributed by atoms with Crippen molar-refractivity contribution in [3.05, 3.63) is 46.7 Å². The molecule has 1 aromatic carbocycles. The molecule has 1 N–H and O–H groups in total. The maximum atomic E-state index is 13.0. The first-order chi connectivity index (χ1) is 12.0. The Morgan fingerprint density at radius 2 is 2.12 bits per heavy atom. The van der Waals surface area contributed by atoms with Gasteiger partial charge in [0.05, 0.1) is 0 Å². The molecule has 6 nitrogen and oxygen atoms in total. The number of H-pyrrole nitrogens is 1. The number of carbonyl (C=O) groups is 1. The third-order valence-corrected chi connectivity index (χ3v) is 4.94. The van der Waals surface area contributed by atoms with E-state index in [1.807, 2.05) is 11.0 Å². The second kappa shape index (κ2) is 6.02. The molecule has 1 amide bonds. The van der Waals surface area contributed by atoms with Crippen molar-refractivity contribution in [1.82, 2.24) is 20.0 Å². The number of aromatic nitrogens is 3. The molecule has 0 radical (unpaired) electrons. The number of piperidine rings is 1. The molecule has 25 heavy (non-hydrogen) atoms. The monoisotopic (exact) mass is 338 g/mol. The maximum absolute atomic E-state index is 13.0. The Morgan fingerprint density at radius 1 is 1.28 bits per heavy atom. The van der Waals surface area contributed by atoms with Crippen LogP contribution in [0.2, 0.25) is 0 Å². The predicted octanol–water partition coefficient (Wildman–Crippen LogP) is 3.50. The summed E-state index contributed by atoms with van der Waals surface area (Å²) in [7, 11) is 0. The fraction of sp³-hybridized carbons (Fsp3) is 0.421. The normalized spacial score (nSPS) is 18.0. The van der Waals surface area contributed by atoms with E-state index < -0.39 is 0 Å². The van der Waals surface area contributed by atoms with E-state index in [1.54, 1.807) is 6.92 Å². The third-order valence-electron chi connectivity index (χ3n) is 4.94. The fourth-order valence-corrected chi connectivity index (χ4v) is 3.74. The smallest absolute Gasteiger partial charge is 0.270 e. The molecule has 130 valence electrons. The van der Waals surface area contributed by atoms with Crippen molar-refractivity contribution >= 4 is 16.8 Å². The van der Waals surface area contributed by atoms with Crippen LogP contribution >= 0.6 is 0 Å². The summed E-state index contributed by atoms with van der Waals surface area (Å²) >= 11 is 0. The number of benzene rings is 1. The van der Waals surface area contributed by atoms with Gasteiger partial charge in [-0.1, -0.05) is 11.2 Å². The molecule has 4 rings (SSSR count). The zero-order valence-electron chi connectivity index (χ0n) is 14.8. The molecule has 0 saturated carbocycles. The number of hydrogen-bond acceptors (Lipinski definition) is 4. The van der Waals surface area contributed by atoms with Crippen molar-refractivity contribution in [3.8, 4) is 0 Å². The molecular weight excluding hydrogens is 316 g/mol. The number of carbonyl (C=O) groups excluding carboxylic acids is 1. The number of nitrogens with one attached hydrogen (secondary N) is 1. The van der Waals surface area contributed by atoms with E-state index in [9.17, 15) is 4.79 Å². The summed E-state index contributed by atoms with van der Waals surface area (Å²) in [5.41, 5.74) is 4.04. The van der Waals surface area contributed by atoms with E-state index in [0.717, 1.165) is 30.3 Å². The summed E-state index contributed by atoms with van der Waals surface area (Å²) in [4.78, 5) is 22.5. The van der Waals surface area contributed by atoms with Gasteiger partial charge >= 0.3 is 0 Å². The number of nitrogens with zero attached hydrogens (tertiary/aromatic N) is 3. The van der Waals surface area contributed by atoms with Crippen LogP contribution in [0.4, 0.5) is 0 Å². The van der Waals surface area contributed by atoms with E-state index in [0.29, 0.717) is 24.0 Å². The Balaban J connectivity index is 1.59. The van der Waals surface area contributed by atoms with Crippen molar-refractivity contribution in [1.29, 1.82) is 0 Å². The molecule has 0 bridgehead atoms. The lowest BCUT2D eigenvalue weighted by molar-refractivity contribution is 0.0698. The van der Waals surface area contributed by atoms with Crippen LogP contribution in [0.5, 0.6) is 0 Å². The molecule has 0 spiro atoms. The van der Waals surface area contributed by atoms with Gasteiger partial charge < -0.3 is 14.4 Å². The van der Waals surface area contributed by atoms with E-state index in [-0.39, 0.29) is 11.8 Å². The second-order valence-electron chi connectivity index (χ2n) is 6.99. The van der Waals surface area contributed by atoms with Gasteiger partial charge in [-0.15, -0.1) is 0 Å². The largest absolute Gasteiger partial charge is 0.351 e. The minimum atomic E-state index is 0.0400. The molecule has 1 aliphatic heterocycles. The zero-order chi connectivity index (χ0) is 17.6. The number of aryl methyl sites for hydroxylation is 3. The van der Waals surface area contributed by atoms with Crippen LogP contribution in [0, 0.1) is 20.8 Å². The van der Waals surface area contributed by atoms with E-state index in [4.69, 9.17) is 4.52 Å². The first-order valence-electron chi connectivity index (χ1n) is 8.70. The molecule has 3 heterocycles. The summed E-state index contributed by atoms with van der Waals surface area (Å²) in [5, 5.41) is 5.14. The lowest BCUT2D eigenvalue weighted by atomic mass is 9.97. The Labute approximate surface area is 146 Å². The van der Waals surface area contributed by atoms with Crippen molar-refractivity contribution in [2.45, 2.75) is 39.5 Å². The van der Waals surface area contributed by atoms with Gasteiger partial charge in [-0.25, -0.2) is 0 Å². The van der Waals surface area contributed by atoms with Gasteiger partial charge in [-0.3, -0.25) is 4.79 Å². The number of likely N-dealkylation sites (tertiary alicyclic amines) is 1. The van der Waals surface area contributed by atoms with E-state index in [1.165, 1.54) is 11.1 Å². The minimum Gasteiger partial charge on any atom is -0.351 e. The summed E-state index contributed by atoms with van der Waals surface area (Å²) in [6.45, 7) is 7.33. The van der Waals surface area contributed by atoms with E-state index in [2.05, 4.69) is 41.1 Å². The summed E-state index contributed by atoms with van der Waals surface area (Å²) < 4.78 is 5.09. The van der Waals surface area contributed by atoms with Gasteiger partial charge in [0.25, 0.3) is 5.91 Å². The lowest BCUT2D eigenvalue weighted by Gasteiger charge is -2.30. The standard InChI is InChI=1S/C19H22N4O2/c1-11-7-12(2)15-9-17(21-16(15)8-11)19(24)23-6-4-5-14(10-23)18-20-13(3)25-22-18/h7-9,14,21H,4-6,10H2,1-3H3. The number of hydrogen-bond donors (Lipinski definition) is 1. The van der Waals surface area contributed by atoms with Gasteiger partial charge in [0.15, 0.2) is 5.82 Å². The Kier molecular flexibility index (Phi) is 3.82. The molecule has 1 saturated heterocycles. The van der Waals surface area contributed by atoms with Crippen LogP contribution in [0.15, 0.2) is 22.7 Å². The molecule has 1 fully saturated rings. The topological polar surface area (TPSA) is 75.0 Å². The average Bonchev–Trinajstić information content (AvgIpc) is 3.21. The van der Waals surface area contributed by atoms with Crippen LogP contribution in [-0.4, -0.2) is 39.0 Å². The lowest BCUT2D eigenvalue weighted by Crippen LogP contribution is -2.39. The number of aromatic amines is 1. The van der Waals surface area contributed by atoms with E-state index >= 15 is 0 Å². The van der Waals surface area contributed by atoms with Gasteiger partial charge in [0, 0.05) is 36.8 Å². The van der Waals surface area contributed by atoms with Crippen LogP contribution in [-0.2, 0) is 0 Å². The molecular formula is C19H22N4O2. The highest BCUT2D eigenvalue weighted by atomic mass is 16.5. The van der Waals surface area contributed by atoms with Gasteiger partial charge in [-0.05, 0) is 49.9 Å². The third kappa shape index (κ3) is 2.92. The van der Waals surface area contributed by atoms with Crippen molar-refractivity contribution in [2.24, 2.45) is 0 Å². The molecule has 1 atom stereocenters. The molecule has 6 heteroatoms. The number of amides is 1. The SMILES string of the molecule is Cc1cc(C)c2cc(C(=O)N3CCCC(c4noc(C)n4)C3)[nH]c2c1. The van der Waals surface area contributed by atoms with Gasteiger partial charge in [0.2, 0.25) is 5.89 Å². The molecule has 0 aliphatic carbocycles. The van der Waals surface area contributed by atoms with Crippen LogP contribution in [0.25, 0.3) is 10.9 Å². The first-order valence-corrected chi connectivity index (χ1v) is 8.70. The van der Waals surface area contributed by atoms with Gasteiger partial charge in [0.1, 0.15) is 5.69 Å². The molecule has 1 aliphatic rings. The van der Waals surface area contributed by atoms with Crippen molar-refractivity contribution in [2.75, 3.05) is 13.1 Å². The number of fused-ring (bicyclic) bond motifs is 1. The number of rotatable bonds is 2. The first kappa shape index (κ1) is 15.9. The second-order valence-corrected chi connectivity index (χ2v) is 6.99. The highest BCUT2D eigenvalue weighted by molar-refractivity contribution is 5.99. The van der Waals surface area contributed by atoms with Crippen LogP contribution < -0.4 is 0 Å². The summed E-state index contributed by atoms with van der Waals surface area (Å²) in [6.07, 6.45) is 1.93. The Bertz CT molecular complexity index is 940. The summed E-state index contributed by atoms with van der Waals surface area (Å²) in [5.74, 6) is 1.46. The van der Waals surface area contributed by atoms with Crippen molar-refractivity contribution < 1.29 is 9.32 Å². The quantitative estimate of drug-likeness (QED) is 0.776. The maximum Gasteiger partial charge on any atom is 0.270 e. The van der Waals surface area contributed by atoms with Crippen molar-refractivity contribution in [3.63, 3.8) is 0 Å². The molecule has 1 unspecified atom stereocenters. The summed E-state index contributed by atoms with van der Waals surface area (Å²) in [6, 6.07) is 6.19. The Hall–Kier alpha value is -2.63.